The predicted octanol–water partition coefficient (Wildman–Crippen LogP) is 3.98. The summed E-state index contributed by atoms with van der Waals surface area (Å²) in [5.41, 5.74) is 5.26. The number of hydrogen-bond acceptors (Lipinski definition) is 1. The zero-order chi connectivity index (χ0) is 15.8. The molecule has 0 radical (unpaired) electrons. The van der Waals surface area contributed by atoms with E-state index in [1.807, 2.05) is 0 Å². The first-order chi connectivity index (χ1) is 11.2. The summed E-state index contributed by atoms with van der Waals surface area (Å²) in [6, 6.07) is 6.60. The Balaban J connectivity index is 1.59. The zero-order valence-electron chi connectivity index (χ0n) is 14.0. The van der Waals surface area contributed by atoms with Crippen LogP contribution in [-0.4, -0.2) is 28.9 Å². The molecule has 3 heteroatoms. The minimum atomic E-state index is 0.181. The van der Waals surface area contributed by atoms with Gasteiger partial charge in [-0.1, -0.05) is 24.5 Å². The van der Waals surface area contributed by atoms with E-state index in [2.05, 4.69) is 35.0 Å². The fourth-order valence-electron chi connectivity index (χ4n) is 4.29. The number of aromatic amines is 1. The molecular weight excluding hydrogens is 284 g/mol. The van der Waals surface area contributed by atoms with Crippen LogP contribution in [0.15, 0.2) is 18.2 Å². The molecule has 0 bridgehead atoms. The maximum absolute atomic E-state index is 13.0. The van der Waals surface area contributed by atoms with Crippen LogP contribution in [0.5, 0.6) is 0 Å². The predicted molar refractivity (Wildman–Crippen MR) is 93.6 cm³/mol. The summed E-state index contributed by atoms with van der Waals surface area (Å²) >= 11 is 0. The molecule has 1 aromatic carbocycles. The Hall–Kier alpha value is -1.77. The molecule has 4 rings (SSSR count). The summed E-state index contributed by atoms with van der Waals surface area (Å²) in [5.74, 6) is 0.583. The van der Waals surface area contributed by atoms with Gasteiger partial charge in [-0.15, -0.1) is 0 Å². The molecule has 2 heterocycles. The third-order valence-electron chi connectivity index (χ3n) is 5.61. The van der Waals surface area contributed by atoms with Gasteiger partial charge < -0.3 is 9.88 Å². The van der Waals surface area contributed by atoms with Crippen molar-refractivity contribution in [3.05, 3.63) is 35.0 Å². The summed E-state index contributed by atoms with van der Waals surface area (Å²) in [4.78, 5) is 18.7. The second-order valence-electron chi connectivity index (χ2n) is 7.31. The van der Waals surface area contributed by atoms with E-state index in [0.717, 1.165) is 32.4 Å². The third-order valence-corrected chi connectivity index (χ3v) is 5.61. The molecule has 1 N–H and O–H groups in total. The number of carbonyl (C=O) groups excluding carboxylic acids is 1. The minimum Gasteiger partial charge on any atom is -0.358 e. The largest absolute Gasteiger partial charge is 0.358 e. The van der Waals surface area contributed by atoms with Crippen molar-refractivity contribution >= 4 is 16.8 Å². The number of fused-ring (bicyclic) bond motifs is 3. The van der Waals surface area contributed by atoms with Crippen LogP contribution in [0.3, 0.4) is 0 Å². The number of hydrogen-bond donors (Lipinski definition) is 1. The van der Waals surface area contributed by atoms with Gasteiger partial charge in [-0.25, -0.2) is 0 Å². The Morgan fingerprint density at radius 3 is 2.74 bits per heavy atom. The van der Waals surface area contributed by atoms with Crippen LogP contribution in [0.2, 0.25) is 0 Å². The van der Waals surface area contributed by atoms with Gasteiger partial charge in [0.15, 0.2) is 0 Å². The molecule has 23 heavy (non-hydrogen) atoms. The molecule has 1 fully saturated rings. The van der Waals surface area contributed by atoms with E-state index >= 15 is 0 Å². The van der Waals surface area contributed by atoms with Crippen LogP contribution in [0, 0.1) is 12.8 Å². The Morgan fingerprint density at radius 2 is 1.96 bits per heavy atom. The second kappa shape index (κ2) is 6.03. The Labute approximate surface area is 138 Å². The molecule has 1 aromatic heterocycles. The molecule has 1 amide bonds. The van der Waals surface area contributed by atoms with Crippen molar-refractivity contribution in [1.29, 1.82) is 0 Å². The number of rotatable bonds is 1. The molecule has 122 valence electrons. The average Bonchev–Trinajstić information content (AvgIpc) is 2.74. The van der Waals surface area contributed by atoms with E-state index < -0.39 is 0 Å². The van der Waals surface area contributed by atoms with Crippen LogP contribution in [-0.2, 0) is 17.6 Å². The van der Waals surface area contributed by atoms with Crippen LogP contribution < -0.4 is 0 Å². The van der Waals surface area contributed by atoms with Crippen molar-refractivity contribution in [3.63, 3.8) is 0 Å². The number of likely N-dealkylation sites (tertiary alicyclic amines) is 1. The molecule has 1 saturated heterocycles. The van der Waals surface area contributed by atoms with Crippen molar-refractivity contribution in [2.45, 2.75) is 51.9 Å². The SMILES string of the molecule is Cc1ccc2[nH]c3c(c2c1)CC(C(=O)N1CCCCCC1)CC3. The number of benzene rings is 1. The van der Waals surface area contributed by atoms with Gasteiger partial charge in [-0.2, -0.15) is 0 Å². The number of amides is 1. The van der Waals surface area contributed by atoms with Crippen LogP contribution in [0.4, 0.5) is 0 Å². The monoisotopic (exact) mass is 310 g/mol. The molecule has 2 aliphatic rings. The first-order valence-corrected chi connectivity index (χ1v) is 9.11. The second-order valence-corrected chi connectivity index (χ2v) is 7.31. The highest BCUT2D eigenvalue weighted by Crippen LogP contribution is 2.33. The number of aromatic nitrogens is 1. The third kappa shape index (κ3) is 2.77. The fourth-order valence-corrected chi connectivity index (χ4v) is 4.29. The van der Waals surface area contributed by atoms with Gasteiger partial charge in [0, 0.05) is 35.6 Å². The Kier molecular flexibility index (Phi) is 3.88. The molecule has 3 nitrogen and oxygen atoms in total. The van der Waals surface area contributed by atoms with Crippen molar-refractivity contribution < 1.29 is 4.79 Å². The number of H-pyrrole nitrogens is 1. The van der Waals surface area contributed by atoms with Gasteiger partial charge in [0.1, 0.15) is 0 Å². The number of nitrogens with one attached hydrogen (secondary N) is 1. The maximum Gasteiger partial charge on any atom is 0.226 e. The molecule has 1 aliphatic carbocycles. The lowest BCUT2D eigenvalue weighted by molar-refractivity contribution is -0.135. The standard InChI is InChI=1S/C20H26N2O/c1-14-6-8-18-16(12-14)17-13-15(7-9-19(17)21-18)20(23)22-10-4-2-3-5-11-22/h6,8,12,15,21H,2-5,7,9-11,13H2,1H3. The van der Waals surface area contributed by atoms with Gasteiger partial charge in [0.25, 0.3) is 0 Å². The zero-order valence-corrected chi connectivity index (χ0v) is 14.0. The van der Waals surface area contributed by atoms with Crippen molar-refractivity contribution in [2.75, 3.05) is 13.1 Å². The van der Waals surface area contributed by atoms with Crippen molar-refractivity contribution in [3.8, 4) is 0 Å². The summed E-state index contributed by atoms with van der Waals surface area (Å²) in [5, 5.41) is 1.33. The Bertz CT molecular complexity index is 723. The van der Waals surface area contributed by atoms with Gasteiger partial charge >= 0.3 is 0 Å². The van der Waals surface area contributed by atoms with E-state index in [9.17, 15) is 4.79 Å². The fraction of sp³-hybridized carbons (Fsp3) is 0.550. The lowest BCUT2D eigenvalue weighted by atomic mass is 9.85. The first-order valence-electron chi connectivity index (χ1n) is 9.11. The van der Waals surface area contributed by atoms with Crippen molar-refractivity contribution in [1.82, 2.24) is 9.88 Å². The topological polar surface area (TPSA) is 36.1 Å². The summed E-state index contributed by atoms with van der Waals surface area (Å²) in [7, 11) is 0. The highest BCUT2D eigenvalue weighted by atomic mass is 16.2. The first kappa shape index (κ1) is 14.8. The molecule has 0 spiro atoms. The Morgan fingerprint density at radius 1 is 1.17 bits per heavy atom. The summed E-state index contributed by atoms with van der Waals surface area (Å²) < 4.78 is 0. The molecule has 0 saturated carbocycles. The quantitative estimate of drug-likeness (QED) is 0.849. The van der Waals surface area contributed by atoms with E-state index in [1.54, 1.807) is 0 Å². The van der Waals surface area contributed by atoms with Gasteiger partial charge in [-0.3, -0.25) is 4.79 Å². The van der Waals surface area contributed by atoms with E-state index in [-0.39, 0.29) is 5.92 Å². The lowest BCUT2D eigenvalue weighted by Gasteiger charge is -2.28. The smallest absolute Gasteiger partial charge is 0.226 e. The highest BCUT2D eigenvalue weighted by molar-refractivity contribution is 5.87. The number of nitrogens with zero attached hydrogens (tertiary/aromatic N) is 1. The van der Waals surface area contributed by atoms with Gasteiger partial charge in [0.05, 0.1) is 0 Å². The summed E-state index contributed by atoms with van der Waals surface area (Å²) in [6.45, 7) is 4.08. The highest BCUT2D eigenvalue weighted by Gasteiger charge is 2.30. The number of carbonyl (C=O) groups is 1. The molecule has 1 atom stereocenters. The minimum absolute atomic E-state index is 0.181. The van der Waals surface area contributed by atoms with Crippen molar-refractivity contribution in [2.24, 2.45) is 5.92 Å². The van der Waals surface area contributed by atoms with E-state index in [1.165, 1.54) is 53.4 Å². The van der Waals surface area contributed by atoms with Crippen LogP contribution in [0.25, 0.3) is 10.9 Å². The van der Waals surface area contributed by atoms with Crippen LogP contribution >= 0.6 is 0 Å². The molecular formula is C20H26N2O. The number of aryl methyl sites for hydroxylation is 2. The van der Waals surface area contributed by atoms with E-state index in [0.29, 0.717) is 5.91 Å². The maximum atomic E-state index is 13.0. The van der Waals surface area contributed by atoms with Crippen LogP contribution in [0.1, 0.15) is 48.9 Å². The summed E-state index contributed by atoms with van der Waals surface area (Å²) in [6.07, 6.45) is 7.82. The normalized spacial score (nSPS) is 22.0. The molecule has 1 unspecified atom stereocenters. The van der Waals surface area contributed by atoms with Gasteiger partial charge in [0.2, 0.25) is 5.91 Å². The lowest BCUT2D eigenvalue weighted by Crippen LogP contribution is -2.38. The van der Waals surface area contributed by atoms with Gasteiger partial charge in [-0.05, 0) is 56.7 Å². The molecule has 2 aromatic rings. The molecule has 1 aliphatic heterocycles. The average molecular weight is 310 g/mol. The van der Waals surface area contributed by atoms with E-state index in [4.69, 9.17) is 0 Å².